The molecule has 1 aromatic carbocycles. The summed E-state index contributed by atoms with van der Waals surface area (Å²) in [5.41, 5.74) is 2.29. The zero-order valence-corrected chi connectivity index (χ0v) is 14.1. The third-order valence-electron chi connectivity index (χ3n) is 5.22. The normalized spacial score (nSPS) is 23.5. The summed E-state index contributed by atoms with van der Waals surface area (Å²) in [5.74, 6) is 0.379. The molecule has 0 bridgehead atoms. The second-order valence-electron chi connectivity index (χ2n) is 6.96. The van der Waals surface area contributed by atoms with Crippen LogP contribution in [-0.4, -0.2) is 46.9 Å². The molecule has 2 aliphatic rings. The maximum Gasteiger partial charge on any atom is 0.226 e. The van der Waals surface area contributed by atoms with Gasteiger partial charge in [-0.3, -0.25) is 14.7 Å². The Labute approximate surface area is 147 Å². The number of amides is 1. The van der Waals surface area contributed by atoms with Crippen molar-refractivity contribution >= 4 is 5.91 Å². The minimum Gasteiger partial charge on any atom is -0.340 e. The van der Waals surface area contributed by atoms with Crippen molar-refractivity contribution < 1.29 is 9.18 Å². The van der Waals surface area contributed by atoms with Crippen molar-refractivity contribution in [2.24, 2.45) is 5.92 Å². The number of hydrogen-bond acceptors (Lipinski definition) is 3. The zero-order valence-electron chi connectivity index (χ0n) is 14.1. The molecule has 4 nitrogen and oxygen atoms in total. The van der Waals surface area contributed by atoms with Crippen molar-refractivity contribution in [1.29, 1.82) is 0 Å². The molecule has 0 N–H and O–H groups in total. The van der Waals surface area contributed by atoms with Gasteiger partial charge in [-0.2, -0.15) is 0 Å². The van der Waals surface area contributed by atoms with Crippen LogP contribution >= 0.6 is 0 Å². The Morgan fingerprint density at radius 2 is 1.88 bits per heavy atom. The van der Waals surface area contributed by atoms with Crippen molar-refractivity contribution in [3.05, 3.63) is 65.7 Å². The summed E-state index contributed by atoms with van der Waals surface area (Å²) in [6, 6.07) is 10.6. The summed E-state index contributed by atoms with van der Waals surface area (Å²) in [4.78, 5) is 21.2. The van der Waals surface area contributed by atoms with Crippen molar-refractivity contribution in [3.63, 3.8) is 0 Å². The minimum absolute atomic E-state index is 0.0790. The number of hydrogen-bond donors (Lipinski definition) is 0. The van der Waals surface area contributed by atoms with Gasteiger partial charge in [-0.05, 0) is 41.7 Å². The van der Waals surface area contributed by atoms with Crippen LogP contribution in [0.2, 0.25) is 0 Å². The lowest BCUT2D eigenvalue weighted by molar-refractivity contribution is -0.134. The highest BCUT2D eigenvalue weighted by Gasteiger charge is 2.46. The second-order valence-corrected chi connectivity index (χ2v) is 6.96. The molecule has 0 unspecified atom stereocenters. The van der Waals surface area contributed by atoms with Crippen LogP contribution in [0.3, 0.4) is 0 Å². The smallest absolute Gasteiger partial charge is 0.226 e. The molecule has 1 aromatic heterocycles. The van der Waals surface area contributed by atoms with E-state index in [1.807, 2.05) is 17.2 Å². The van der Waals surface area contributed by atoms with Crippen LogP contribution in [0.1, 0.15) is 23.5 Å². The largest absolute Gasteiger partial charge is 0.340 e. The van der Waals surface area contributed by atoms with E-state index < -0.39 is 0 Å². The zero-order chi connectivity index (χ0) is 17.2. The Morgan fingerprint density at radius 3 is 2.56 bits per heavy atom. The van der Waals surface area contributed by atoms with Crippen LogP contribution in [0, 0.1) is 11.7 Å². The molecule has 2 fully saturated rings. The Morgan fingerprint density at radius 1 is 1.12 bits per heavy atom. The molecule has 1 saturated heterocycles. The molecule has 1 saturated carbocycles. The number of nitrogens with zero attached hydrogens (tertiary/aromatic N) is 3. The SMILES string of the molecule is O=C([C@@H]1C[C@H]1c1ccc(F)cc1)N1CCN(Cc2cccnc2)CC1. The maximum absolute atomic E-state index is 13.0. The summed E-state index contributed by atoms with van der Waals surface area (Å²) in [7, 11) is 0. The van der Waals surface area contributed by atoms with E-state index in [1.54, 1.807) is 18.3 Å². The molecule has 2 aromatic rings. The first-order valence-corrected chi connectivity index (χ1v) is 8.86. The number of carbonyl (C=O) groups excluding carboxylic acids is 1. The van der Waals surface area contributed by atoms with E-state index in [1.165, 1.54) is 17.7 Å². The minimum atomic E-state index is -0.225. The lowest BCUT2D eigenvalue weighted by Crippen LogP contribution is -2.48. The van der Waals surface area contributed by atoms with Gasteiger partial charge in [0, 0.05) is 51.0 Å². The van der Waals surface area contributed by atoms with Gasteiger partial charge in [-0.1, -0.05) is 18.2 Å². The fourth-order valence-corrected chi connectivity index (χ4v) is 3.66. The van der Waals surface area contributed by atoms with E-state index in [2.05, 4.69) is 16.0 Å². The molecule has 4 rings (SSSR count). The molecule has 1 aliphatic heterocycles. The number of benzene rings is 1. The van der Waals surface area contributed by atoms with Gasteiger partial charge >= 0.3 is 0 Å². The molecule has 0 radical (unpaired) electrons. The van der Waals surface area contributed by atoms with Gasteiger partial charge in [-0.25, -0.2) is 4.39 Å². The lowest BCUT2D eigenvalue weighted by Gasteiger charge is -2.35. The average molecular weight is 339 g/mol. The molecule has 1 aliphatic carbocycles. The summed E-state index contributed by atoms with van der Waals surface area (Å²) < 4.78 is 13.0. The molecule has 2 heterocycles. The first-order valence-electron chi connectivity index (χ1n) is 8.86. The predicted octanol–water partition coefficient (Wildman–Crippen LogP) is 2.67. The second kappa shape index (κ2) is 6.92. The van der Waals surface area contributed by atoms with Crippen molar-refractivity contribution in [2.45, 2.75) is 18.9 Å². The van der Waals surface area contributed by atoms with Crippen LogP contribution in [0.25, 0.3) is 0 Å². The third kappa shape index (κ3) is 3.71. The van der Waals surface area contributed by atoms with Crippen LogP contribution in [0.15, 0.2) is 48.8 Å². The number of pyridine rings is 1. The van der Waals surface area contributed by atoms with Crippen LogP contribution < -0.4 is 0 Å². The van der Waals surface area contributed by atoms with Gasteiger partial charge in [0.25, 0.3) is 0 Å². The first-order chi connectivity index (χ1) is 12.2. The van der Waals surface area contributed by atoms with Crippen LogP contribution in [-0.2, 0) is 11.3 Å². The number of rotatable bonds is 4. The van der Waals surface area contributed by atoms with Crippen molar-refractivity contribution in [2.75, 3.05) is 26.2 Å². The Hall–Kier alpha value is -2.27. The molecule has 130 valence electrons. The molecule has 5 heteroatoms. The third-order valence-corrected chi connectivity index (χ3v) is 5.22. The van der Waals surface area contributed by atoms with Gasteiger partial charge in [0.1, 0.15) is 5.82 Å². The molecular formula is C20H22FN3O. The van der Waals surface area contributed by atoms with Crippen LogP contribution in [0.5, 0.6) is 0 Å². The highest BCUT2D eigenvalue weighted by atomic mass is 19.1. The quantitative estimate of drug-likeness (QED) is 0.859. The number of halogens is 1. The number of carbonyl (C=O) groups is 1. The van der Waals surface area contributed by atoms with Gasteiger partial charge in [-0.15, -0.1) is 0 Å². The van der Waals surface area contributed by atoms with E-state index in [0.717, 1.165) is 44.7 Å². The van der Waals surface area contributed by atoms with Crippen LogP contribution in [0.4, 0.5) is 4.39 Å². The summed E-state index contributed by atoms with van der Waals surface area (Å²) in [5, 5.41) is 0. The summed E-state index contributed by atoms with van der Waals surface area (Å²) in [6.07, 6.45) is 4.57. The monoisotopic (exact) mass is 339 g/mol. The fourth-order valence-electron chi connectivity index (χ4n) is 3.66. The van der Waals surface area contributed by atoms with E-state index >= 15 is 0 Å². The average Bonchev–Trinajstić information content (AvgIpc) is 3.44. The predicted molar refractivity (Wildman–Crippen MR) is 93.3 cm³/mol. The Balaban J connectivity index is 1.28. The Kier molecular flexibility index (Phi) is 4.49. The van der Waals surface area contributed by atoms with Gasteiger partial charge in [0.2, 0.25) is 5.91 Å². The number of aromatic nitrogens is 1. The molecule has 25 heavy (non-hydrogen) atoms. The highest BCUT2D eigenvalue weighted by molar-refractivity contribution is 5.83. The first kappa shape index (κ1) is 16.2. The summed E-state index contributed by atoms with van der Waals surface area (Å²) >= 11 is 0. The van der Waals surface area contributed by atoms with Gasteiger partial charge in [0.05, 0.1) is 0 Å². The molecule has 2 atom stereocenters. The maximum atomic E-state index is 13.0. The van der Waals surface area contributed by atoms with Gasteiger partial charge < -0.3 is 4.90 Å². The van der Waals surface area contributed by atoms with Crippen molar-refractivity contribution in [1.82, 2.24) is 14.8 Å². The topological polar surface area (TPSA) is 36.4 Å². The van der Waals surface area contributed by atoms with E-state index in [0.29, 0.717) is 0 Å². The molecular weight excluding hydrogens is 317 g/mol. The number of piperazine rings is 1. The molecule has 0 spiro atoms. The highest BCUT2D eigenvalue weighted by Crippen LogP contribution is 2.48. The molecule has 1 amide bonds. The van der Waals surface area contributed by atoms with E-state index in [4.69, 9.17) is 0 Å². The van der Waals surface area contributed by atoms with E-state index in [-0.39, 0.29) is 23.6 Å². The fraction of sp³-hybridized carbons (Fsp3) is 0.400. The standard InChI is InChI=1S/C20H22FN3O/c21-17-5-3-16(4-6-17)18-12-19(18)20(25)24-10-8-23(9-11-24)14-15-2-1-7-22-13-15/h1-7,13,18-19H,8-12,14H2/t18-,19+/m0/s1. The summed E-state index contributed by atoms with van der Waals surface area (Å²) in [6.45, 7) is 4.25. The van der Waals surface area contributed by atoms with Gasteiger partial charge in [0.15, 0.2) is 0 Å². The Bertz CT molecular complexity index is 726. The van der Waals surface area contributed by atoms with Crippen molar-refractivity contribution in [3.8, 4) is 0 Å². The lowest BCUT2D eigenvalue weighted by atomic mass is 10.1. The van der Waals surface area contributed by atoms with E-state index in [9.17, 15) is 9.18 Å².